The maximum Gasteiger partial charge on any atom is 0.433 e. The second kappa shape index (κ2) is 9.36. The zero-order chi connectivity index (χ0) is 41.2. The molecule has 4 nitrogen and oxygen atoms in total. The summed E-state index contributed by atoms with van der Waals surface area (Å²) < 4.78 is 93.3. The Morgan fingerprint density at radius 2 is 1.56 bits per heavy atom. The van der Waals surface area contributed by atoms with Crippen molar-refractivity contribution in [1.82, 2.24) is 9.97 Å². The number of carbonyl (C=O) groups is 1. The van der Waals surface area contributed by atoms with Gasteiger partial charge in [0.25, 0.3) is 0 Å². The highest BCUT2D eigenvalue weighted by Crippen LogP contribution is 2.80. The standard InChI is InChI=1S/C52H28F6N2O2/c1-62-28(61)3-2-12-50(49-59-26(51(53,54)55)15-27(60-49)52(56,57)58)47-29-17-5-4-16-13-24-30-18(16)6-7-19-20-8-9-21-22-10-11-23-35-34(22)41-33(21)32(20)40(31(19)30)44-37(24)38-25(14-17)36(29)42(39(23)48(47)50)43(35)45(38)46(41)44/h8-11,14-16,18-19,21,33,47-48H,2-3,6-7,12-13H2,1H3. The molecule has 1 saturated carbocycles. The molecule has 1 aromatic heterocycles. The molecule has 0 spiro atoms. The topological polar surface area (TPSA) is 52.1 Å². The van der Waals surface area contributed by atoms with Gasteiger partial charge in [0.1, 0.15) is 17.2 Å². The van der Waals surface area contributed by atoms with Gasteiger partial charge < -0.3 is 4.74 Å². The first-order valence-corrected chi connectivity index (χ1v) is 21.8. The van der Waals surface area contributed by atoms with Crippen molar-refractivity contribution in [3.63, 3.8) is 0 Å². The van der Waals surface area contributed by atoms with Crippen LogP contribution in [-0.2, 0) is 33.7 Å². The Bertz CT molecular complexity index is 3770. The largest absolute Gasteiger partial charge is 0.469 e. The molecule has 7 aromatic carbocycles. The quantitative estimate of drug-likeness (QED) is 0.0751. The molecular weight excluding hydrogens is 799 g/mol. The van der Waals surface area contributed by atoms with Crippen LogP contribution in [0.15, 0.2) is 42.0 Å². The van der Waals surface area contributed by atoms with Gasteiger partial charge in [0.05, 0.1) is 7.11 Å². The molecule has 8 aromatic rings. The number of benzene rings is 4. The number of alkyl halides is 6. The third kappa shape index (κ3) is 3.06. The van der Waals surface area contributed by atoms with Crippen LogP contribution in [-0.4, -0.2) is 23.0 Å². The number of fused-ring (bicyclic) bond motifs is 10. The molecule has 17 rings (SSSR count). The number of methoxy groups -OCH3 is 1. The Balaban J connectivity index is 1.09. The van der Waals surface area contributed by atoms with Crippen LogP contribution in [0.25, 0.3) is 70.2 Å². The van der Waals surface area contributed by atoms with Gasteiger partial charge >= 0.3 is 18.3 Å². The van der Waals surface area contributed by atoms with Crippen LogP contribution in [0.2, 0.25) is 0 Å². The highest BCUT2D eigenvalue weighted by Gasteiger charge is 2.71. The number of hydrogen-bond donors (Lipinski definition) is 0. The van der Waals surface area contributed by atoms with Gasteiger partial charge in [-0.2, -0.15) is 26.3 Å². The van der Waals surface area contributed by atoms with Crippen molar-refractivity contribution in [3.8, 4) is 11.8 Å². The summed E-state index contributed by atoms with van der Waals surface area (Å²) in [5.74, 6) is 6.52. The summed E-state index contributed by atoms with van der Waals surface area (Å²) in [4.78, 5) is 20.8. The van der Waals surface area contributed by atoms with E-state index in [-0.39, 0.29) is 43.1 Å². The van der Waals surface area contributed by atoms with E-state index in [1.54, 1.807) is 5.56 Å². The predicted octanol–water partition coefficient (Wildman–Crippen LogP) is 12.3. The minimum absolute atomic E-state index is 0.0219. The molecule has 1 heterocycles. The number of rotatable bonds is 5. The predicted molar refractivity (Wildman–Crippen MR) is 220 cm³/mol. The normalized spacial score (nSPS) is 29.0. The van der Waals surface area contributed by atoms with E-state index in [2.05, 4.69) is 52.2 Å². The first kappa shape index (κ1) is 32.7. The SMILES string of the molecule is COC(=O)CCCC1(c2nc(C(F)(F)F)cc(C(F)(F)F)n2)C2c3c4cc5c3c3c(c6ccc7c8c9c%10c%11c%12c%13c%14c(c%11c5c%10c3c68)CC(C#C4)C%14CCC%13C3=C%12C9C7C=C3)C21. The van der Waals surface area contributed by atoms with Crippen LogP contribution in [0.3, 0.4) is 0 Å². The van der Waals surface area contributed by atoms with Gasteiger partial charge in [0.15, 0.2) is 0 Å². The first-order valence-electron chi connectivity index (χ1n) is 21.8. The van der Waals surface area contributed by atoms with E-state index in [9.17, 15) is 31.1 Å². The highest BCUT2D eigenvalue weighted by molar-refractivity contribution is 6.52. The molecular formula is C52H28F6N2O2. The van der Waals surface area contributed by atoms with Crippen molar-refractivity contribution >= 4 is 76.2 Å². The molecule has 1 fully saturated rings. The molecule has 0 radical (unpaired) electrons. The zero-order valence-corrected chi connectivity index (χ0v) is 32.7. The van der Waals surface area contributed by atoms with Gasteiger partial charge in [0.2, 0.25) is 0 Å². The maximum atomic E-state index is 14.7. The fourth-order valence-electron chi connectivity index (χ4n) is 16.2. The van der Waals surface area contributed by atoms with E-state index < -0.39 is 52.8 Å². The Morgan fingerprint density at radius 1 is 0.806 bits per heavy atom. The fraction of sp³-hybridized carbons (Fsp3) is 0.327. The van der Waals surface area contributed by atoms with Crippen LogP contribution in [0.4, 0.5) is 26.3 Å². The van der Waals surface area contributed by atoms with E-state index in [1.165, 1.54) is 89.2 Å². The van der Waals surface area contributed by atoms with E-state index >= 15 is 0 Å². The van der Waals surface area contributed by atoms with Crippen molar-refractivity contribution in [2.45, 2.75) is 91.8 Å². The first-order chi connectivity index (χ1) is 29.9. The van der Waals surface area contributed by atoms with Gasteiger partial charge in [-0.1, -0.05) is 36.1 Å². The monoisotopic (exact) mass is 826 g/mol. The number of halogens is 6. The Kier molecular flexibility index (Phi) is 4.94. The molecule has 300 valence electrons. The summed E-state index contributed by atoms with van der Waals surface area (Å²) in [6.45, 7) is 0. The van der Waals surface area contributed by atoms with Gasteiger partial charge in [-0.25, -0.2) is 9.97 Å². The van der Waals surface area contributed by atoms with Crippen LogP contribution in [0.1, 0.15) is 135 Å². The molecule has 8 unspecified atom stereocenters. The number of esters is 1. The summed E-state index contributed by atoms with van der Waals surface area (Å²) in [6.07, 6.45) is -2.25. The summed E-state index contributed by atoms with van der Waals surface area (Å²) in [6, 6.07) is 6.69. The van der Waals surface area contributed by atoms with Gasteiger partial charge in [-0.05, 0) is 170 Å². The second-order valence-corrected chi connectivity index (χ2v) is 19.8. The van der Waals surface area contributed by atoms with Crippen molar-refractivity contribution in [3.05, 3.63) is 109 Å². The van der Waals surface area contributed by atoms with E-state index in [0.717, 1.165) is 57.5 Å². The molecule has 8 atom stereocenters. The lowest BCUT2D eigenvalue weighted by molar-refractivity contribution is -0.148. The van der Waals surface area contributed by atoms with Crippen molar-refractivity contribution in [2.75, 3.05) is 7.11 Å². The molecule has 62 heavy (non-hydrogen) atoms. The zero-order valence-electron chi connectivity index (χ0n) is 32.7. The Morgan fingerprint density at radius 3 is 2.34 bits per heavy atom. The fourth-order valence-corrected chi connectivity index (χ4v) is 16.2. The van der Waals surface area contributed by atoms with Crippen LogP contribution in [0.5, 0.6) is 0 Å². The molecule has 0 amide bonds. The minimum Gasteiger partial charge on any atom is -0.469 e. The molecule has 10 heteroatoms. The average molecular weight is 827 g/mol. The average Bonchev–Trinajstić information content (AvgIpc) is 3.88. The summed E-state index contributed by atoms with van der Waals surface area (Å²) >= 11 is 0. The highest BCUT2D eigenvalue weighted by atomic mass is 19.4. The van der Waals surface area contributed by atoms with Crippen LogP contribution < -0.4 is 0 Å². The Hall–Kier alpha value is -5.95. The molecule has 9 aliphatic carbocycles. The van der Waals surface area contributed by atoms with Crippen molar-refractivity contribution < 1.29 is 35.9 Å². The van der Waals surface area contributed by atoms with Crippen molar-refractivity contribution in [2.24, 2.45) is 5.92 Å². The van der Waals surface area contributed by atoms with Crippen LogP contribution >= 0.6 is 0 Å². The summed E-state index contributed by atoms with van der Waals surface area (Å²) in [5.41, 5.74) is 9.76. The lowest BCUT2D eigenvalue weighted by Gasteiger charge is -2.30. The molecule has 9 aliphatic rings. The molecule has 0 saturated heterocycles. The summed E-state index contributed by atoms with van der Waals surface area (Å²) in [7, 11) is 1.27. The maximum absolute atomic E-state index is 14.7. The van der Waals surface area contributed by atoms with Gasteiger partial charge in [0, 0.05) is 52.9 Å². The number of nitrogens with zero attached hydrogens (tertiary/aromatic N) is 2. The van der Waals surface area contributed by atoms with E-state index in [1.807, 2.05) is 0 Å². The van der Waals surface area contributed by atoms with Crippen molar-refractivity contribution in [1.29, 1.82) is 0 Å². The smallest absolute Gasteiger partial charge is 0.433 e. The molecule has 0 N–H and O–H groups in total. The molecule has 4 bridgehead atoms. The molecule has 0 aliphatic heterocycles. The van der Waals surface area contributed by atoms with Gasteiger partial charge in [-0.3, -0.25) is 4.79 Å². The number of hydrogen-bond acceptors (Lipinski definition) is 4. The number of ether oxygens (including phenoxy) is 1. The third-order valence-electron chi connectivity index (χ3n) is 17.9. The summed E-state index contributed by atoms with van der Waals surface area (Å²) in [5, 5.41) is 14.5. The lowest BCUT2D eigenvalue weighted by atomic mass is 9.72. The number of aromatic nitrogens is 2. The van der Waals surface area contributed by atoms with Crippen LogP contribution in [0, 0.1) is 17.8 Å². The lowest BCUT2D eigenvalue weighted by Crippen LogP contribution is -2.23. The van der Waals surface area contributed by atoms with E-state index in [0.29, 0.717) is 11.8 Å². The third-order valence-corrected chi connectivity index (χ3v) is 17.9. The Labute approximate surface area is 347 Å². The van der Waals surface area contributed by atoms with Gasteiger partial charge in [-0.15, -0.1) is 0 Å². The second-order valence-electron chi connectivity index (χ2n) is 19.8. The van der Waals surface area contributed by atoms with E-state index in [4.69, 9.17) is 4.74 Å². The number of allylic oxidation sites excluding steroid dienone is 4. The minimum atomic E-state index is -5.16. The number of carbonyl (C=O) groups excluding carboxylic acids is 1.